The summed E-state index contributed by atoms with van der Waals surface area (Å²) in [7, 11) is 1.35. The Hall–Kier alpha value is -2.35. The highest BCUT2D eigenvalue weighted by Gasteiger charge is 2.27. The fraction of sp³-hybridized carbons (Fsp3) is 0.364. The second kappa shape index (κ2) is 5.53. The average Bonchev–Trinajstić information content (AvgIpc) is 2.35. The maximum Gasteiger partial charge on any atom is 0.273 e. The van der Waals surface area contributed by atoms with Gasteiger partial charge in [0.15, 0.2) is 11.5 Å². The summed E-state index contributed by atoms with van der Waals surface area (Å²) < 4.78 is 10.3. The molecule has 0 saturated heterocycles. The van der Waals surface area contributed by atoms with Crippen molar-refractivity contribution < 1.29 is 19.2 Å². The van der Waals surface area contributed by atoms with Crippen molar-refractivity contribution in [1.29, 1.82) is 0 Å². The largest absolute Gasteiger partial charge is 0.493 e. The molecule has 1 amide bonds. The van der Waals surface area contributed by atoms with Crippen molar-refractivity contribution in [3.63, 3.8) is 0 Å². The van der Waals surface area contributed by atoms with E-state index in [-0.39, 0.29) is 23.8 Å². The molecule has 0 aliphatic carbocycles. The maximum atomic E-state index is 11.0. The number of nitrogens with zero attached hydrogens (tertiary/aromatic N) is 1. The number of nitrogens with two attached hydrogens (primary N) is 2. The van der Waals surface area contributed by atoms with Gasteiger partial charge in [0, 0.05) is 6.07 Å². The summed E-state index contributed by atoms with van der Waals surface area (Å²) in [5, 5.41) is 10.6. The van der Waals surface area contributed by atoms with Crippen LogP contribution in [0.15, 0.2) is 18.2 Å². The van der Waals surface area contributed by atoms with Crippen LogP contribution >= 0.6 is 0 Å². The molecular formula is C11H15N3O5. The molecule has 1 unspecified atom stereocenters. The second-order valence-electron chi connectivity index (χ2n) is 4.16. The average molecular weight is 269 g/mol. The van der Waals surface area contributed by atoms with Crippen LogP contribution < -0.4 is 20.9 Å². The van der Waals surface area contributed by atoms with Gasteiger partial charge in [-0.3, -0.25) is 14.9 Å². The van der Waals surface area contributed by atoms with Crippen LogP contribution in [0.4, 0.5) is 5.69 Å². The van der Waals surface area contributed by atoms with E-state index >= 15 is 0 Å². The topological polar surface area (TPSA) is 131 Å². The molecule has 1 rings (SSSR count). The Kier molecular flexibility index (Phi) is 4.28. The minimum atomic E-state index is -1.34. The van der Waals surface area contributed by atoms with Gasteiger partial charge >= 0.3 is 0 Å². The van der Waals surface area contributed by atoms with Gasteiger partial charge in [0.05, 0.1) is 18.1 Å². The molecule has 0 aromatic heterocycles. The van der Waals surface area contributed by atoms with E-state index < -0.39 is 16.4 Å². The standard InChI is InChI=1S/C11H15N3O5/c1-11(13,10(12)15)6-19-8-4-3-7(14(16)17)5-9(8)18-2/h3-5H,6,13H2,1-2H3,(H2,12,15). The molecule has 0 spiro atoms. The van der Waals surface area contributed by atoms with Gasteiger partial charge < -0.3 is 20.9 Å². The number of methoxy groups -OCH3 is 1. The summed E-state index contributed by atoms with van der Waals surface area (Å²) in [5.74, 6) is -0.297. The molecule has 8 heteroatoms. The zero-order chi connectivity index (χ0) is 14.6. The van der Waals surface area contributed by atoms with Gasteiger partial charge in [-0.2, -0.15) is 0 Å². The first kappa shape index (κ1) is 14.7. The predicted octanol–water partition coefficient (Wildman–Crippen LogP) is 0.185. The van der Waals surface area contributed by atoms with E-state index in [1.54, 1.807) is 0 Å². The van der Waals surface area contributed by atoms with Crippen molar-refractivity contribution in [3.05, 3.63) is 28.3 Å². The predicted molar refractivity (Wildman–Crippen MR) is 66.9 cm³/mol. The summed E-state index contributed by atoms with van der Waals surface area (Å²) in [6.07, 6.45) is 0. The van der Waals surface area contributed by atoms with Gasteiger partial charge in [-0.05, 0) is 13.0 Å². The summed E-state index contributed by atoms with van der Waals surface area (Å²) in [6.45, 7) is 1.25. The third-order valence-electron chi connectivity index (χ3n) is 2.45. The number of benzene rings is 1. The van der Waals surface area contributed by atoms with Gasteiger partial charge in [-0.15, -0.1) is 0 Å². The van der Waals surface area contributed by atoms with Crippen LogP contribution in [0.1, 0.15) is 6.92 Å². The van der Waals surface area contributed by atoms with Crippen LogP contribution in [0.25, 0.3) is 0 Å². The molecule has 0 heterocycles. The van der Waals surface area contributed by atoms with Crippen molar-refractivity contribution >= 4 is 11.6 Å². The Bertz CT molecular complexity index is 501. The normalized spacial score (nSPS) is 13.4. The molecule has 8 nitrogen and oxygen atoms in total. The maximum absolute atomic E-state index is 11.0. The number of amides is 1. The zero-order valence-corrected chi connectivity index (χ0v) is 10.6. The lowest BCUT2D eigenvalue weighted by Crippen LogP contribution is -2.53. The van der Waals surface area contributed by atoms with Gasteiger partial charge in [-0.25, -0.2) is 0 Å². The number of ether oxygens (including phenoxy) is 2. The SMILES string of the molecule is COc1cc([N+](=O)[O-])ccc1OCC(C)(N)C(N)=O. The number of hydrogen-bond donors (Lipinski definition) is 2. The minimum absolute atomic E-state index is 0.130. The molecule has 4 N–H and O–H groups in total. The van der Waals surface area contributed by atoms with Crippen LogP contribution in [-0.4, -0.2) is 30.1 Å². The van der Waals surface area contributed by atoms with Crippen LogP contribution in [0.3, 0.4) is 0 Å². The third-order valence-corrected chi connectivity index (χ3v) is 2.45. The Morgan fingerprint density at radius 3 is 2.58 bits per heavy atom. The second-order valence-corrected chi connectivity index (χ2v) is 4.16. The van der Waals surface area contributed by atoms with Crippen LogP contribution in [0.5, 0.6) is 11.5 Å². The number of hydrogen-bond acceptors (Lipinski definition) is 6. The Morgan fingerprint density at radius 1 is 1.47 bits per heavy atom. The summed E-state index contributed by atoms with van der Waals surface area (Å²) in [5.41, 5.74) is 9.26. The minimum Gasteiger partial charge on any atom is -0.493 e. The fourth-order valence-electron chi connectivity index (χ4n) is 1.19. The van der Waals surface area contributed by atoms with Crippen molar-refractivity contribution in [2.24, 2.45) is 11.5 Å². The van der Waals surface area contributed by atoms with E-state index in [4.69, 9.17) is 20.9 Å². The molecule has 0 aliphatic heterocycles. The Balaban J connectivity index is 2.90. The van der Waals surface area contributed by atoms with E-state index in [2.05, 4.69) is 0 Å². The summed E-state index contributed by atoms with van der Waals surface area (Å²) >= 11 is 0. The van der Waals surface area contributed by atoms with Crippen molar-refractivity contribution in [3.8, 4) is 11.5 Å². The first-order valence-corrected chi connectivity index (χ1v) is 5.32. The molecule has 0 bridgehead atoms. The molecule has 0 radical (unpaired) electrons. The number of carbonyl (C=O) groups excluding carboxylic acids is 1. The number of rotatable bonds is 6. The lowest BCUT2D eigenvalue weighted by molar-refractivity contribution is -0.385. The van der Waals surface area contributed by atoms with Crippen LogP contribution in [0, 0.1) is 10.1 Å². The molecule has 19 heavy (non-hydrogen) atoms. The first-order valence-electron chi connectivity index (χ1n) is 5.32. The van der Waals surface area contributed by atoms with Crippen molar-refractivity contribution in [2.45, 2.75) is 12.5 Å². The van der Waals surface area contributed by atoms with Crippen molar-refractivity contribution in [2.75, 3.05) is 13.7 Å². The Labute approximate surface area is 109 Å². The molecule has 1 aromatic rings. The molecule has 0 fully saturated rings. The highest BCUT2D eigenvalue weighted by molar-refractivity contribution is 5.84. The van der Waals surface area contributed by atoms with E-state index in [0.29, 0.717) is 0 Å². The molecule has 0 saturated carbocycles. The summed E-state index contributed by atoms with van der Waals surface area (Å²) in [4.78, 5) is 21.1. The zero-order valence-electron chi connectivity index (χ0n) is 10.6. The highest BCUT2D eigenvalue weighted by Crippen LogP contribution is 2.31. The van der Waals surface area contributed by atoms with Gasteiger partial charge in [0.2, 0.25) is 5.91 Å². The van der Waals surface area contributed by atoms with Crippen molar-refractivity contribution in [1.82, 2.24) is 0 Å². The lowest BCUT2D eigenvalue weighted by atomic mass is 10.1. The number of primary amides is 1. The molecule has 104 valence electrons. The van der Waals surface area contributed by atoms with Crippen LogP contribution in [0.2, 0.25) is 0 Å². The Morgan fingerprint density at radius 2 is 2.11 bits per heavy atom. The molecule has 1 atom stereocenters. The number of nitro groups is 1. The molecule has 0 aliphatic rings. The van der Waals surface area contributed by atoms with Gasteiger partial charge in [-0.1, -0.05) is 0 Å². The number of non-ortho nitro benzene ring substituents is 1. The molecule has 1 aromatic carbocycles. The van der Waals surface area contributed by atoms with E-state index in [0.717, 1.165) is 0 Å². The van der Waals surface area contributed by atoms with E-state index in [1.807, 2.05) is 0 Å². The summed E-state index contributed by atoms with van der Waals surface area (Å²) in [6, 6.07) is 3.84. The first-order chi connectivity index (χ1) is 8.77. The smallest absolute Gasteiger partial charge is 0.273 e. The third kappa shape index (κ3) is 3.55. The molecular weight excluding hydrogens is 254 g/mol. The number of carbonyl (C=O) groups is 1. The quantitative estimate of drug-likeness (QED) is 0.559. The van der Waals surface area contributed by atoms with E-state index in [1.165, 1.54) is 32.2 Å². The fourth-order valence-corrected chi connectivity index (χ4v) is 1.19. The monoisotopic (exact) mass is 269 g/mol. The number of nitro benzene ring substituents is 1. The highest BCUT2D eigenvalue weighted by atomic mass is 16.6. The van der Waals surface area contributed by atoms with E-state index in [9.17, 15) is 14.9 Å². The lowest BCUT2D eigenvalue weighted by Gasteiger charge is -2.21. The van der Waals surface area contributed by atoms with Crippen LogP contribution in [-0.2, 0) is 4.79 Å². The van der Waals surface area contributed by atoms with Gasteiger partial charge in [0.25, 0.3) is 5.69 Å². The van der Waals surface area contributed by atoms with Gasteiger partial charge in [0.1, 0.15) is 12.1 Å².